The molecule has 0 unspecified atom stereocenters. The third kappa shape index (κ3) is 6.04. The van der Waals surface area contributed by atoms with Crippen molar-refractivity contribution in [1.82, 2.24) is 0 Å². The van der Waals surface area contributed by atoms with Crippen LogP contribution in [0.25, 0.3) is 0 Å². The fraction of sp³-hybridized carbons (Fsp3) is 0.120. The molecule has 0 bridgehead atoms. The molecule has 3 aromatic rings. The van der Waals surface area contributed by atoms with Gasteiger partial charge < -0.3 is 19.9 Å². The number of aromatic carboxylic acids is 1. The van der Waals surface area contributed by atoms with Crippen molar-refractivity contribution in [2.24, 2.45) is 4.99 Å². The quantitative estimate of drug-likeness (QED) is 0.508. The van der Waals surface area contributed by atoms with Crippen molar-refractivity contribution in [3.05, 3.63) is 89.5 Å². The molecule has 2 N–H and O–H groups in total. The standard InChI is InChI=1S/C25H22N2O6/c1-32-19-13-7-16(8-14-19)15-21(27-23(28)20-5-3-4-6-22(20)33-2)24(29)26-18-11-9-17(10-12-18)25(30)31/h3-14H,15H2,1-2H3,(H,26,29)(H,30,31). The first-order valence-electron chi connectivity index (χ1n) is 9.94. The van der Waals surface area contributed by atoms with Crippen LogP contribution in [0.15, 0.2) is 77.8 Å². The Bertz CT molecular complexity index is 1180. The predicted octanol–water partition coefficient (Wildman–Crippen LogP) is 3.86. The summed E-state index contributed by atoms with van der Waals surface area (Å²) in [6.07, 6.45) is 0.0872. The number of nitrogens with zero attached hydrogens (tertiary/aromatic N) is 1. The molecule has 8 heteroatoms. The minimum Gasteiger partial charge on any atom is -0.497 e. The van der Waals surface area contributed by atoms with Crippen molar-refractivity contribution in [2.75, 3.05) is 19.5 Å². The zero-order valence-electron chi connectivity index (χ0n) is 18.1. The number of nitrogens with one attached hydrogen (secondary N) is 1. The molecule has 3 rings (SSSR count). The normalized spacial score (nSPS) is 10.9. The number of carbonyl (C=O) groups excluding carboxylic acids is 2. The molecule has 0 spiro atoms. The first-order valence-corrected chi connectivity index (χ1v) is 9.94. The Morgan fingerprint density at radius 3 is 2.15 bits per heavy atom. The Morgan fingerprint density at radius 1 is 0.879 bits per heavy atom. The molecule has 0 aliphatic heterocycles. The molecule has 168 valence electrons. The maximum absolute atomic E-state index is 13.0. The average molecular weight is 446 g/mol. The van der Waals surface area contributed by atoms with Gasteiger partial charge in [0.1, 0.15) is 17.2 Å². The number of carboxylic acids is 1. The van der Waals surface area contributed by atoms with E-state index in [1.807, 2.05) is 0 Å². The summed E-state index contributed by atoms with van der Waals surface area (Å²) in [5.41, 5.74) is 1.42. The maximum atomic E-state index is 13.0. The number of carbonyl (C=O) groups is 3. The summed E-state index contributed by atoms with van der Waals surface area (Å²) in [5, 5.41) is 11.7. The first-order chi connectivity index (χ1) is 15.9. The lowest BCUT2D eigenvalue weighted by Crippen LogP contribution is -2.26. The number of rotatable bonds is 8. The highest BCUT2D eigenvalue weighted by atomic mass is 16.5. The van der Waals surface area contributed by atoms with Gasteiger partial charge in [-0.25, -0.2) is 9.79 Å². The van der Waals surface area contributed by atoms with Crippen LogP contribution in [0.5, 0.6) is 11.5 Å². The molecule has 0 heterocycles. The van der Waals surface area contributed by atoms with Crippen LogP contribution in [0.1, 0.15) is 26.3 Å². The number of ether oxygens (including phenoxy) is 2. The topological polar surface area (TPSA) is 114 Å². The minimum atomic E-state index is -1.07. The van der Waals surface area contributed by atoms with Crippen LogP contribution in [0.2, 0.25) is 0 Å². The van der Waals surface area contributed by atoms with Gasteiger partial charge in [0.2, 0.25) is 0 Å². The van der Waals surface area contributed by atoms with Gasteiger partial charge in [0, 0.05) is 12.1 Å². The Hall–Kier alpha value is -4.46. The van der Waals surface area contributed by atoms with Crippen LogP contribution in [0.3, 0.4) is 0 Å². The van der Waals surface area contributed by atoms with E-state index in [-0.39, 0.29) is 23.3 Å². The van der Waals surface area contributed by atoms with Gasteiger partial charge in [-0.3, -0.25) is 9.59 Å². The summed E-state index contributed by atoms with van der Waals surface area (Å²) in [6, 6.07) is 19.3. The largest absolute Gasteiger partial charge is 0.497 e. The molecular weight excluding hydrogens is 424 g/mol. The number of methoxy groups -OCH3 is 2. The summed E-state index contributed by atoms with van der Waals surface area (Å²) >= 11 is 0. The van der Waals surface area contributed by atoms with Crippen molar-refractivity contribution in [2.45, 2.75) is 6.42 Å². The summed E-state index contributed by atoms with van der Waals surface area (Å²) in [6.45, 7) is 0. The molecule has 0 saturated heterocycles. The molecule has 0 atom stereocenters. The molecule has 0 saturated carbocycles. The second kappa shape index (κ2) is 10.7. The zero-order chi connectivity index (χ0) is 23.8. The van der Waals surface area contributed by atoms with E-state index in [1.54, 1.807) is 55.6 Å². The molecule has 8 nitrogen and oxygen atoms in total. The smallest absolute Gasteiger partial charge is 0.335 e. The molecule has 0 radical (unpaired) electrons. The molecular formula is C25H22N2O6. The van der Waals surface area contributed by atoms with E-state index in [0.717, 1.165) is 5.56 Å². The Kier molecular flexibility index (Phi) is 7.54. The third-order valence-electron chi connectivity index (χ3n) is 4.76. The van der Waals surface area contributed by atoms with E-state index >= 15 is 0 Å². The SMILES string of the molecule is COc1ccc(CC(=NC(=O)c2ccccc2OC)C(=O)Nc2ccc(C(=O)O)cc2)cc1. The molecule has 33 heavy (non-hydrogen) atoms. The second-order valence-corrected chi connectivity index (χ2v) is 6.93. The van der Waals surface area contributed by atoms with Crippen molar-refractivity contribution in [3.63, 3.8) is 0 Å². The third-order valence-corrected chi connectivity index (χ3v) is 4.76. The predicted molar refractivity (Wildman–Crippen MR) is 123 cm³/mol. The zero-order valence-corrected chi connectivity index (χ0v) is 18.1. The van der Waals surface area contributed by atoms with E-state index in [2.05, 4.69) is 10.3 Å². The van der Waals surface area contributed by atoms with Gasteiger partial charge in [0.15, 0.2) is 0 Å². The molecule has 0 aliphatic carbocycles. The van der Waals surface area contributed by atoms with Crippen LogP contribution in [-0.2, 0) is 11.2 Å². The Labute approximate surface area is 190 Å². The van der Waals surface area contributed by atoms with Crippen molar-refractivity contribution >= 4 is 29.2 Å². The van der Waals surface area contributed by atoms with Gasteiger partial charge in [0.25, 0.3) is 11.8 Å². The van der Waals surface area contributed by atoms with Crippen LogP contribution in [0, 0.1) is 0 Å². The number of aliphatic imine (C=N–C) groups is 1. The van der Waals surface area contributed by atoms with E-state index in [9.17, 15) is 14.4 Å². The summed E-state index contributed by atoms with van der Waals surface area (Å²) in [5.74, 6) is -1.27. The van der Waals surface area contributed by atoms with Crippen LogP contribution >= 0.6 is 0 Å². The van der Waals surface area contributed by atoms with Crippen molar-refractivity contribution < 1.29 is 29.0 Å². The van der Waals surface area contributed by atoms with E-state index in [0.29, 0.717) is 17.2 Å². The van der Waals surface area contributed by atoms with E-state index in [4.69, 9.17) is 14.6 Å². The van der Waals surface area contributed by atoms with E-state index < -0.39 is 17.8 Å². The number of benzene rings is 3. The van der Waals surface area contributed by atoms with Gasteiger partial charge >= 0.3 is 5.97 Å². The monoisotopic (exact) mass is 446 g/mol. The molecule has 3 aromatic carbocycles. The van der Waals surface area contributed by atoms with Crippen LogP contribution in [0.4, 0.5) is 5.69 Å². The summed E-state index contributed by atoms with van der Waals surface area (Å²) in [4.78, 5) is 41.0. The highest BCUT2D eigenvalue weighted by Crippen LogP contribution is 2.19. The van der Waals surface area contributed by atoms with Crippen molar-refractivity contribution in [1.29, 1.82) is 0 Å². The van der Waals surface area contributed by atoms with Gasteiger partial charge in [-0.05, 0) is 54.1 Å². The lowest BCUT2D eigenvalue weighted by atomic mass is 10.1. The lowest BCUT2D eigenvalue weighted by molar-refractivity contribution is -0.110. The summed E-state index contributed by atoms with van der Waals surface area (Å²) in [7, 11) is 3.00. The fourth-order valence-electron chi connectivity index (χ4n) is 3.01. The number of hydrogen-bond donors (Lipinski definition) is 2. The first kappa shape index (κ1) is 23.2. The molecule has 0 fully saturated rings. The highest BCUT2D eigenvalue weighted by Gasteiger charge is 2.18. The molecule has 0 aliphatic rings. The number of carboxylic acid groups (broad SMARTS) is 1. The molecule has 0 aromatic heterocycles. The lowest BCUT2D eigenvalue weighted by Gasteiger charge is -2.10. The fourth-order valence-corrected chi connectivity index (χ4v) is 3.01. The van der Waals surface area contributed by atoms with Gasteiger partial charge in [-0.15, -0.1) is 0 Å². The number of hydrogen-bond acceptors (Lipinski definition) is 5. The minimum absolute atomic E-state index is 0.0154. The molecule has 2 amide bonds. The van der Waals surface area contributed by atoms with Crippen LogP contribution < -0.4 is 14.8 Å². The Morgan fingerprint density at radius 2 is 1.55 bits per heavy atom. The van der Waals surface area contributed by atoms with Crippen LogP contribution in [-0.4, -0.2) is 42.8 Å². The second-order valence-electron chi connectivity index (χ2n) is 6.93. The average Bonchev–Trinajstić information content (AvgIpc) is 2.84. The Balaban J connectivity index is 1.91. The number of anilines is 1. The van der Waals surface area contributed by atoms with Gasteiger partial charge in [-0.2, -0.15) is 0 Å². The van der Waals surface area contributed by atoms with Crippen molar-refractivity contribution in [3.8, 4) is 11.5 Å². The maximum Gasteiger partial charge on any atom is 0.335 e. The summed E-state index contributed by atoms with van der Waals surface area (Å²) < 4.78 is 10.4. The highest BCUT2D eigenvalue weighted by molar-refractivity contribution is 6.45. The number of amides is 2. The van der Waals surface area contributed by atoms with E-state index in [1.165, 1.54) is 31.4 Å². The van der Waals surface area contributed by atoms with Gasteiger partial charge in [0.05, 0.1) is 25.3 Å². The van der Waals surface area contributed by atoms with Gasteiger partial charge in [-0.1, -0.05) is 24.3 Å². The number of para-hydroxylation sites is 1.